The second-order valence-electron chi connectivity index (χ2n) is 5.57. The summed E-state index contributed by atoms with van der Waals surface area (Å²) in [5.41, 5.74) is 7.06. The molecule has 1 aromatic carbocycles. The number of nitrogen functional groups attached to an aromatic ring is 1. The molecule has 2 N–H and O–H groups in total. The van der Waals surface area contributed by atoms with E-state index in [1.807, 2.05) is 11.8 Å². The molecule has 0 saturated carbocycles. The molecular formula is C16H24N2O2. The third-order valence-corrected chi connectivity index (χ3v) is 3.91. The molecule has 2 rings (SSSR count). The first-order chi connectivity index (χ1) is 9.52. The Hall–Kier alpha value is -1.71. The number of nitrogens with two attached hydrogens (primary N) is 1. The maximum atomic E-state index is 12.7. The zero-order valence-electron chi connectivity index (χ0n) is 12.6. The molecule has 20 heavy (non-hydrogen) atoms. The van der Waals surface area contributed by atoms with Gasteiger partial charge < -0.3 is 15.4 Å². The fourth-order valence-corrected chi connectivity index (χ4v) is 2.97. The van der Waals surface area contributed by atoms with Gasteiger partial charge in [-0.05, 0) is 52.2 Å². The van der Waals surface area contributed by atoms with E-state index in [9.17, 15) is 4.79 Å². The molecule has 0 bridgehead atoms. The van der Waals surface area contributed by atoms with E-state index in [4.69, 9.17) is 10.5 Å². The fourth-order valence-electron chi connectivity index (χ4n) is 2.97. The number of carbonyl (C=O) groups excluding carboxylic acids is 1. The van der Waals surface area contributed by atoms with Gasteiger partial charge in [-0.25, -0.2) is 0 Å². The summed E-state index contributed by atoms with van der Waals surface area (Å²) in [6, 6.07) is 5.84. The Kier molecular flexibility index (Phi) is 4.53. The van der Waals surface area contributed by atoms with Crippen molar-refractivity contribution < 1.29 is 9.53 Å². The smallest absolute Gasteiger partial charge is 0.254 e. The van der Waals surface area contributed by atoms with Crippen molar-refractivity contribution in [3.8, 4) is 5.75 Å². The summed E-state index contributed by atoms with van der Waals surface area (Å²) in [6.07, 6.45) is 3.32. The molecule has 1 fully saturated rings. The molecule has 2 atom stereocenters. The second-order valence-corrected chi connectivity index (χ2v) is 5.57. The summed E-state index contributed by atoms with van der Waals surface area (Å²) < 4.78 is 5.47. The summed E-state index contributed by atoms with van der Waals surface area (Å²) in [4.78, 5) is 14.7. The third-order valence-electron chi connectivity index (χ3n) is 3.91. The highest BCUT2D eigenvalue weighted by Crippen LogP contribution is 2.27. The number of ether oxygens (including phenoxy) is 1. The average molecular weight is 276 g/mol. The lowest BCUT2D eigenvalue weighted by atomic mass is 9.96. The van der Waals surface area contributed by atoms with Gasteiger partial charge >= 0.3 is 0 Å². The van der Waals surface area contributed by atoms with Gasteiger partial charge in [-0.2, -0.15) is 0 Å². The second kappa shape index (κ2) is 6.16. The normalized spacial score (nSPS) is 22.6. The maximum absolute atomic E-state index is 12.7. The molecule has 0 aromatic heterocycles. The van der Waals surface area contributed by atoms with Crippen LogP contribution in [0.5, 0.6) is 5.75 Å². The molecule has 1 aromatic rings. The van der Waals surface area contributed by atoms with E-state index in [1.165, 1.54) is 6.42 Å². The van der Waals surface area contributed by atoms with Crippen molar-refractivity contribution >= 4 is 11.6 Å². The molecule has 1 aliphatic heterocycles. The molecule has 1 heterocycles. The van der Waals surface area contributed by atoms with Gasteiger partial charge in [0.15, 0.2) is 0 Å². The number of benzene rings is 1. The van der Waals surface area contributed by atoms with Crippen molar-refractivity contribution in [2.75, 3.05) is 12.3 Å². The first-order valence-corrected chi connectivity index (χ1v) is 7.39. The highest BCUT2D eigenvalue weighted by atomic mass is 16.5. The number of hydrogen-bond donors (Lipinski definition) is 1. The molecular weight excluding hydrogens is 252 g/mol. The van der Waals surface area contributed by atoms with Crippen molar-refractivity contribution in [2.45, 2.75) is 52.1 Å². The Morgan fingerprint density at radius 2 is 1.95 bits per heavy atom. The molecule has 0 aliphatic carbocycles. The molecule has 0 radical (unpaired) electrons. The van der Waals surface area contributed by atoms with Gasteiger partial charge in [-0.15, -0.1) is 0 Å². The van der Waals surface area contributed by atoms with E-state index in [2.05, 4.69) is 13.8 Å². The number of anilines is 1. The van der Waals surface area contributed by atoms with Crippen LogP contribution in [0.4, 0.5) is 5.69 Å². The van der Waals surface area contributed by atoms with Crippen LogP contribution >= 0.6 is 0 Å². The largest absolute Gasteiger partial charge is 0.494 e. The van der Waals surface area contributed by atoms with Crippen molar-refractivity contribution in [1.29, 1.82) is 0 Å². The zero-order valence-corrected chi connectivity index (χ0v) is 12.6. The average Bonchev–Trinajstić information content (AvgIpc) is 2.38. The minimum atomic E-state index is 0.0537. The lowest BCUT2D eigenvalue weighted by Crippen LogP contribution is -2.47. The summed E-state index contributed by atoms with van der Waals surface area (Å²) in [7, 11) is 0. The van der Waals surface area contributed by atoms with E-state index < -0.39 is 0 Å². The van der Waals surface area contributed by atoms with Crippen molar-refractivity contribution in [1.82, 2.24) is 4.90 Å². The minimum absolute atomic E-state index is 0.0537. The number of likely N-dealkylation sites (tertiary alicyclic amines) is 1. The predicted molar refractivity (Wildman–Crippen MR) is 81.0 cm³/mol. The Morgan fingerprint density at radius 3 is 2.55 bits per heavy atom. The Balaban J connectivity index is 2.27. The standard InChI is InChI=1S/C16H24N2O2/c1-4-20-15-9-13(8-14(17)10-15)16(19)18-11(2)6-5-7-12(18)3/h8-12H,4-7,17H2,1-3H3. The van der Waals surface area contributed by atoms with Crippen LogP contribution in [0.3, 0.4) is 0 Å². The number of hydrogen-bond acceptors (Lipinski definition) is 3. The molecule has 4 nitrogen and oxygen atoms in total. The van der Waals surface area contributed by atoms with E-state index in [1.54, 1.807) is 18.2 Å². The van der Waals surface area contributed by atoms with Crippen LogP contribution in [-0.4, -0.2) is 29.5 Å². The molecule has 0 spiro atoms. The minimum Gasteiger partial charge on any atom is -0.494 e. The molecule has 110 valence electrons. The van der Waals surface area contributed by atoms with Gasteiger partial charge in [0, 0.05) is 29.4 Å². The Morgan fingerprint density at radius 1 is 1.30 bits per heavy atom. The fraction of sp³-hybridized carbons (Fsp3) is 0.562. The predicted octanol–water partition coefficient (Wildman–Crippen LogP) is 3.07. The zero-order chi connectivity index (χ0) is 14.7. The van der Waals surface area contributed by atoms with Crippen LogP contribution in [0.25, 0.3) is 0 Å². The first-order valence-electron chi connectivity index (χ1n) is 7.39. The lowest BCUT2D eigenvalue weighted by molar-refractivity contribution is 0.0510. The number of rotatable bonds is 3. The number of nitrogens with zero attached hydrogens (tertiary/aromatic N) is 1. The number of amides is 1. The van der Waals surface area contributed by atoms with Crippen LogP contribution in [0.2, 0.25) is 0 Å². The van der Waals surface area contributed by atoms with E-state index >= 15 is 0 Å². The highest BCUT2D eigenvalue weighted by molar-refractivity contribution is 5.96. The van der Waals surface area contributed by atoms with Crippen LogP contribution in [0.15, 0.2) is 18.2 Å². The highest BCUT2D eigenvalue weighted by Gasteiger charge is 2.29. The van der Waals surface area contributed by atoms with Crippen LogP contribution in [0, 0.1) is 0 Å². The number of carbonyl (C=O) groups is 1. The summed E-state index contributed by atoms with van der Waals surface area (Å²) in [5.74, 6) is 0.714. The first kappa shape index (κ1) is 14.7. The van der Waals surface area contributed by atoms with Gasteiger partial charge in [0.25, 0.3) is 5.91 Å². The van der Waals surface area contributed by atoms with Crippen LogP contribution in [-0.2, 0) is 0 Å². The van der Waals surface area contributed by atoms with Crippen molar-refractivity contribution in [3.05, 3.63) is 23.8 Å². The van der Waals surface area contributed by atoms with Gasteiger partial charge in [0.2, 0.25) is 0 Å². The molecule has 1 saturated heterocycles. The van der Waals surface area contributed by atoms with Gasteiger partial charge in [0.05, 0.1) is 6.61 Å². The van der Waals surface area contributed by atoms with Crippen molar-refractivity contribution in [3.63, 3.8) is 0 Å². The molecule has 2 unspecified atom stereocenters. The lowest BCUT2D eigenvalue weighted by Gasteiger charge is -2.39. The SMILES string of the molecule is CCOc1cc(N)cc(C(=O)N2C(C)CCCC2C)c1. The summed E-state index contributed by atoms with van der Waals surface area (Å²) in [5, 5.41) is 0. The quantitative estimate of drug-likeness (QED) is 0.863. The van der Waals surface area contributed by atoms with Gasteiger partial charge in [-0.1, -0.05) is 0 Å². The van der Waals surface area contributed by atoms with Crippen molar-refractivity contribution in [2.24, 2.45) is 0 Å². The van der Waals surface area contributed by atoms with Crippen LogP contribution < -0.4 is 10.5 Å². The number of piperidine rings is 1. The van der Waals surface area contributed by atoms with E-state index in [0.29, 0.717) is 23.6 Å². The molecule has 1 aliphatic rings. The molecule has 1 amide bonds. The van der Waals surface area contributed by atoms with E-state index in [-0.39, 0.29) is 18.0 Å². The maximum Gasteiger partial charge on any atom is 0.254 e. The third kappa shape index (κ3) is 3.06. The van der Waals surface area contributed by atoms with Gasteiger partial charge in [0.1, 0.15) is 5.75 Å². The molecule has 4 heteroatoms. The summed E-state index contributed by atoms with van der Waals surface area (Å²) in [6.45, 7) is 6.71. The van der Waals surface area contributed by atoms with Gasteiger partial charge in [-0.3, -0.25) is 4.79 Å². The Bertz CT molecular complexity index is 477. The summed E-state index contributed by atoms with van der Waals surface area (Å²) >= 11 is 0. The van der Waals surface area contributed by atoms with E-state index in [0.717, 1.165) is 12.8 Å². The van der Waals surface area contributed by atoms with Crippen LogP contribution in [0.1, 0.15) is 50.4 Å². The topological polar surface area (TPSA) is 55.6 Å². The Labute approximate surface area is 120 Å². The monoisotopic (exact) mass is 276 g/mol.